The molecule has 0 amide bonds. The minimum Gasteiger partial charge on any atom is -0.481 e. The number of carbonyl (C=O) groups is 1. The molecule has 0 atom stereocenters. The van der Waals surface area contributed by atoms with Crippen molar-refractivity contribution in [2.24, 2.45) is 5.92 Å². The zero-order chi connectivity index (χ0) is 13.9. The van der Waals surface area contributed by atoms with Crippen molar-refractivity contribution in [3.05, 3.63) is 17.9 Å². The lowest BCUT2D eigenvalue weighted by Crippen LogP contribution is -2.36. The molecule has 1 aromatic rings. The van der Waals surface area contributed by atoms with Gasteiger partial charge >= 0.3 is 5.97 Å². The van der Waals surface area contributed by atoms with E-state index in [-0.39, 0.29) is 5.92 Å². The van der Waals surface area contributed by atoms with Gasteiger partial charge in [0.2, 0.25) is 0 Å². The fraction of sp³-hybridized carbons (Fsp3) is 0.667. The van der Waals surface area contributed by atoms with E-state index in [4.69, 9.17) is 9.52 Å². The number of rotatable bonds is 5. The maximum absolute atomic E-state index is 10.9. The monoisotopic (exact) mass is 278 g/mol. The van der Waals surface area contributed by atoms with E-state index in [1.165, 1.54) is 19.3 Å². The lowest BCUT2D eigenvalue weighted by atomic mass is 9.93. The van der Waals surface area contributed by atoms with Crippen molar-refractivity contribution >= 4 is 11.9 Å². The van der Waals surface area contributed by atoms with Crippen molar-refractivity contribution in [2.75, 3.05) is 18.0 Å². The Balaban J connectivity index is 1.50. The Morgan fingerprint density at radius 2 is 2.05 bits per heavy atom. The lowest BCUT2D eigenvalue weighted by molar-refractivity contribution is -0.142. The van der Waals surface area contributed by atoms with Gasteiger partial charge < -0.3 is 19.7 Å². The number of nitrogens with zero attached hydrogens (tertiary/aromatic N) is 1. The third kappa shape index (κ3) is 2.98. The van der Waals surface area contributed by atoms with Gasteiger partial charge in [0.05, 0.1) is 12.5 Å². The molecule has 2 N–H and O–H groups in total. The first-order valence-corrected chi connectivity index (χ1v) is 7.52. The number of piperidine rings is 1. The number of hydrogen-bond donors (Lipinski definition) is 2. The number of hydrogen-bond acceptors (Lipinski definition) is 4. The molecule has 1 saturated carbocycles. The standard InChI is InChI=1S/C15H22N2O3/c18-15(19)11-6-8-17(9-7-11)14-5-4-13(20-14)10-16-12-2-1-3-12/h4-5,11-12,16H,1-3,6-10H2,(H,18,19). The van der Waals surface area contributed by atoms with Crippen molar-refractivity contribution in [1.82, 2.24) is 5.32 Å². The molecule has 2 aliphatic rings. The Morgan fingerprint density at radius 3 is 2.65 bits per heavy atom. The van der Waals surface area contributed by atoms with Gasteiger partial charge in [-0.2, -0.15) is 0 Å². The average molecular weight is 278 g/mol. The predicted octanol–water partition coefficient (Wildman–Crippen LogP) is 2.22. The average Bonchev–Trinajstić information content (AvgIpc) is 2.86. The van der Waals surface area contributed by atoms with Crippen LogP contribution in [0.4, 0.5) is 5.88 Å². The topological polar surface area (TPSA) is 65.7 Å². The summed E-state index contributed by atoms with van der Waals surface area (Å²) in [5, 5.41) is 12.5. The van der Waals surface area contributed by atoms with Gasteiger partial charge in [-0.15, -0.1) is 0 Å². The maximum atomic E-state index is 10.9. The van der Waals surface area contributed by atoms with Gasteiger partial charge in [0.25, 0.3) is 0 Å². The van der Waals surface area contributed by atoms with E-state index in [0.29, 0.717) is 18.9 Å². The van der Waals surface area contributed by atoms with Gasteiger partial charge in [-0.25, -0.2) is 0 Å². The second kappa shape index (κ2) is 5.87. The molecule has 1 aliphatic carbocycles. The van der Waals surface area contributed by atoms with Gasteiger partial charge in [-0.3, -0.25) is 4.79 Å². The van der Waals surface area contributed by atoms with Gasteiger partial charge in [0.15, 0.2) is 5.88 Å². The Labute approximate surface area is 118 Å². The van der Waals surface area contributed by atoms with Crippen LogP contribution in [0.3, 0.4) is 0 Å². The van der Waals surface area contributed by atoms with Crippen LogP contribution in [0.5, 0.6) is 0 Å². The summed E-state index contributed by atoms with van der Waals surface area (Å²) in [5.41, 5.74) is 0. The van der Waals surface area contributed by atoms with E-state index in [0.717, 1.165) is 31.3 Å². The summed E-state index contributed by atoms with van der Waals surface area (Å²) in [7, 11) is 0. The Bertz CT molecular complexity index is 459. The summed E-state index contributed by atoms with van der Waals surface area (Å²) in [4.78, 5) is 13.1. The molecule has 0 bridgehead atoms. The van der Waals surface area contributed by atoms with Gasteiger partial charge in [0, 0.05) is 25.2 Å². The molecule has 0 radical (unpaired) electrons. The van der Waals surface area contributed by atoms with Crippen LogP contribution in [-0.4, -0.2) is 30.2 Å². The third-order valence-corrected chi connectivity index (χ3v) is 4.47. The zero-order valence-corrected chi connectivity index (χ0v) is 11.7. The number of carboxylic acid groups (broad SMARTS) is 1. The maximum Gasteiger partial charge on any atom is 0.306 e. The van der Waals surface area contributed by atoms with E-state index in [2.05, 4.69) is 10.2 Å². The molecule has 2 fully saturated rings. The van der Waals surface area contributed by atoms with E-state index < -0.39 is 5.97 Å². The van der Waals surface area contributed by atoms with Crippen LogP contribution < -0.4 is 10.2 Å². The van der Waals surface area contributed by atoms with Gasteiger partial charge in [-0.05, 0) is 31.7 Å². The van der Waals surface area contributed by atoms with Gasteiger partial charge in [0.1, 0.15) is 5.76 Å². The number of nitrogens with one attached hydrogen (secondary N) is 1. The quantitative estimate of drug-likeness (QED) is 0.864. The minimum absolute atomic E-state index is 0.194. The second-order valence-corrected chi connectivity index (χ2v) is 5.85. The highest BCUT2D eigenvalue weighted by Crippen LogP contribution is 2.26. The van der Waals surface area contributed by atoms with Crippen molar-refractivity contribution in [1.29, 1.82) is 0 Å². The SMILES string of the molecule is O=C(O)C1CCN(c2ccc(CNC3CCC3)o2)CC1. The minimum atomic E-state index is -0.672. The molecular weight excluding hydrogens is 256 g/mol. The van der Waals surface area contributed by atoms with Crippen LogP contribution >= 0.6 is 0 Å². The summed E-state index contributed by atoms with van der Waals surface area (Å²) in [6, 6.07) is 4.68. The second-order valence-electron chi connectivity index (χ2n) is 5.85. The Hall–Kier alpha value is -1.49. The smallest absolute Gasteiger partial charge is 0.306 e. The summed E-state index contributed by atoms with van der Waals surface area (Å²) in [5.74, 6) is 0.974. The molecular formula is C15H22N2O3. The fourth-order valence-corrected chi connectivity index (χ4v) is 2.84. The first kappa shape index (κ1) is 13.5. The lowest BCUT2D eigenvalue weighted by Gasteiger charge is -2.29. The molecule has 20 heavy (non-hydrogen) atoms. The van der Waals surface area contributed by atoms with Crippen LogP contribution in [0.15, 0.2) is 16.5 Å². The fourth-order valence-electron chi connectivity index (χ4n) is 2.84. The summed E-state index contributed by atoms with van der Waals surface area (Å²) in [6.45, 7) is 2.32. The zero-order valence-electron chi connectivity index (χ0n) is 11.7. The molecule has 5 heteroatoms. The van der Waals surface area contributed by atoms with Crippen molar-refractivity contribution in [2.45, 2.75) is 44.7 Å². The number of carboxylic acids is 1. The van der Waals surface area contributed by atoms with E-state index in [1.54, 1.807) is 0 Å². The third-order valence-electron chi connectivity index (χ3n) is 4.47. The van der Waals surface area contributed by atoms with Crippen molar-refractivity contribution < 1.29 is 14.3 Å². The van der Waals surface area contributed by atoms with Crippen LogP contribution in [-0.2, 0) is 11.3 Å². The number of anilines is 1. The van der Waals surface area contributed by atoms with Crippen LogP contribution in [0.25, 0.3) is 0 Å². The predicted molar refractivity (Wildman–Crippen MR) is 75.8 cm³/mol. The molecule has 0 unspecified atom stereocenters. The summed E-state index contributed by atoms with van der Waals surface area (Å²) >= 11 is 0. The van der Waals surface area contributed by atoms with E-state index in [1.807, 2.05) is 12.1 Å². The molecule has 1 aliphatic heterocycles. The van der Waals surface area contributed by atoms with E-state index in [9.17, 15) is 4.79 Å². The first-order chi connectivity index (χ1) is 9.72. The molecule has 0 spiro atoms. The van der Waals surface area contributed by atoms with Crippen molar-refractivity contribution in [3.8, 4) is 0 Å². The highest BCUT2D eigenvalue weighted by Gasteiger charge is 2.26. The molecule has 1 saturated heterocycles. The number of aliphatic carboxylic acids is 1. The molecule has 1 aromatic heterocycles. The highest BCUT2D eigenvalue weighted by molar-refractivity contribution is 5.70. The molecule has 5 nitrogen and oxygen atoms in total. The van der Waals surface area contributed by atoms with E-state index >= 15 is 0 Å². The molecule has 3 rings (SSSR count). The largest absolute Gasteiger partial charge is 0.481 e. The van der Waals surface area contributed by atoms with Crippen molar-refractivity contribution in [3.63, 3.8) is 0 Å². The summed E-state index contributed by atoms with van der Waals surface area (Å²) in [6.07, 6.45) is 5.28. The highest BCUT2D eigenvalue weighted by atomic mass is 16.4. The molecule has 2 heterocycles. The number of furan rings is 1. The van der Waals surface area contributed by atoms with Crippen LogP contribution in [0.1, 0.15) is 37.9 Å². The Kier molecular flexibility index (Phi) is 3.96. The summed E-state index contributed by atoms with van der Waals surface area (Å²) < 4.78 is 5.85. The van der Waals surface area contributed by atoms with Gasteiger partial charge in [-0.1, -0.05) is 6.42 Å². The first-order valence-electron chi connectivity index (χ1n) is 7.52. The molecule has 110 valence electrons. The normalized spacial score (nSPS) is 20.9. The van der Waals surface area contributed by atoms with Crippen LogP contribution in [0.2, 0.25) is 0 Å². The molecule has 0 aromatic carbocycles. The Morgan fingerprint density at radius 1 is 1.30 bits per heavy atom. The van der Waals surface area contributed by atoms with Crippen LogP contribution in [0, 0.1) is 5.92 Å².